The van der Waals surface area contributed by atoms with Crippen LogP contribution in [0.25, 0.3) is 0 Å². The number of non-ortho nitro benzene ring substituents is 1. The summed E-state index contributed by atoms with van der Waals surface area (Å²) in [5, 5.41) is 13.5. The van der Waals surface area contributed by atoms with Crippen LogP contribution in [0.3, 0.4) is 0 Å². The van der Waals surface area contributed by atoms with Crippen molar-refractivity contribution in [2.75, 3.05) is 0 Å². The third-order valence-electron chi connectivity index (χ3n) is 3.09. The third-order valence-corrected chi connectivity index (χ3v) is 3.95. The normalized spacial score (nSPS) is 10.2. The topological polar surface area (TPSA) is 72.2 Å². The lowest BCUT2D eigenvalue weighted by atomic mass is 10.1. The molecule has 0 heterocycles. The highest BCUT2D eigenvalue weighted by atomic mass is 79.9. The van der Waals surface area contributed by atoms with E-state index in [1.807, 2.05) is 13.0 Å². The van der Waals surface area contributed by atoms with E-state index in [2.05, 4.69) is 21.2 Å². The Hall–Kier alpha value is -2.21. The van der Waals surface area contributed by atoms with Gasteiger partial charge in [0.15, 0.2) is 0 Å². The molecule has 0 fully saturated rings. The lowest BCUT2D eigenvalue weighted by molar-refractivity contribution is -0.384. The first kappa shape index (κ1) is 15.2. The zero-order valence-corrected chi connectivity index (χ0v) is 12.9. The second-order valence-electron chi connectivity index (χ2n) is 4.52. The molecule has 0 unspecified atom stereocenters. The van der Waals surface area contributed by atoms with Gasteiger partial charge in [-0.25, -0.2) is 0 Å². The molecule has 0 bridgehead atoms. The number of hydrogen-bond donors (Lipinski definition) is 1. The Morgan fingerprint density at radius 1 is 1.29 bits per heavy atom. The Bertz CT molecular complexity index is 701. The average molecular weight is 349 g/mol. The van der Waals surface area contributed by atoms with Gasteiger partial charge in [0.2, 0.25) is 0 Å². The third kappa shape index (κ3) is 3.66. The Kier molecular flexibility index (Phi) is 4.70. The minimum absolute atomic E-state index is 0.0142. The van der Waals surface area contributed by atoms with Gasteiger partial charge < -0.3 is 5.32 Å². The number of carbonyl (C=O) groups excluding carboxylic acids is 1. The maximum atomic E-state index is 12.1. The van der Waals surface area contributed by atoms with E-state index in [4.69, 9.17) is 0 Å². The van der Waals surface area contributed by atoms with Crippen molar-refractivity contribution in [3.8, 4) is 0 Å². The van der Waals surface area contributed by atoms with Gasteiger partial charge in [-0.3, -0.25) is 14.9 Å². The van der Waals surface area contributed by atoms with Gasteiger partial charge in [-0.2, -0.15) is 0 Å². The number of rotatable bonds is 4. The van der Waals surface area contributed by atoms with Crippen molar-refractivity contribution >= 4 is 27.5 Å². The second-order valence-corrected chi connectivity index (χ2v) is 5.38. The van der Waals surface area contributed by atoms with E-state index in [1.54, 1.807) is 24.3 Å². The second kappa shape index (κ2) is 6.49. The van der Waals surface area contributed by atoms with Crippen molar-refractivity contribution in [1.29, 1.82) is 0 Å². The Morgan fingerprint density at radius 2 is 2.00 bits per heavy atom. The maximum absolute atomic E-state index is 12.1. The molecule has 108 valence electrons. The molecule has 0 aromatic heterocycles. The van der Waals surface area contributed by atoms with Crippen LogP contribution in [0.15, 0.2) is 46.9 Å². The molecule has 0 aliphatic heterocycles. The van der Waals surface area contributed by atoms with E-state index in [0.717, 1.165) is 10.0 Å². The molecular formula is C15H13BrN2O3. The number of nitro benzene ring substituents is 1. The molecule has 6 heteroatoms. The van der Waals surface area contributed by atoms with E-state index in [-0.39, 0.29) is 18.1 Å². The number of nitrogens with one attached hydrogen (secondary N) is 1. The van der Waals surface area contributed by atoms with Crippen molar-refractivity contribution in [2.45, 2.75) is 13.5 Å². The summed E-state index contributed by atoms with van der Waals surface area (Å²) in [7, 11) is 0. The van der Waals surface area contributed by atoms with Gasteiger partial charge in [0.25, 0.3) is 11.6 Å². The molecular weight excluding hydrogens is 336 g/mol. The maximum Gasteiger partial charge on any atom is 0.269 e. The molecule has 0 aliphatic rings. The van der Waals surface area contributed by atoms with Crippen molar-refractivity contribution in [3.05, 3.63) is 73.7 Å². The fraction of sp³-hybridized carbons (Fsp3) is 0.133. The summed E-state index contributed by atoms with van der Waals surface area (Å²) in [5.41, 5.74) is 2.13. The van der Waals surface area contributed by atoms with E-state index in [0.29, 0.717) is 11.1 Å². The molecule has 0 radical (unpaired) electrons. The monoisotopic (exact) mass is 348 g/mol. The zero-order chi connectivity index (χ0) is 15.4. The van der Waals surface area contributed by atoms with E-state index in [1.165, 1.54) is 12.1 Å². The van der Waals surface area contributed by atoms with Crippen molar-refractivity contribution < 1.29 is 9.72 Å². The van der Waals surface area contributed by atoms with E-state index >= 15 is 0 Å². The fourth-order valence-electron chi connectivity index (χ4n) is 1.91. The quantitative estimate of drug-likeness (QED) is 0.677. The molecule has 2 aromatic carbocycles. The molecule has 0 aliphatic carbocycles. The lowest BCUT2D eigenvalue weighted by Gasteiger charge is -2.09. The number of hydrogen-bond acceptors (Lipinski definition) is 3. The van der Waals surface area contributed by atoms with Crippen LogP contribution in [0.2, 0.25) is 0 Å². The highest BCUT2D eigenvalue weighted by Crippen LogP contribution is 2.19. The number of nitro groups is 1. The fourth-order valence-corrected chi connectivity index (χ4v) is 2.28. The first-order chi connectivity index (χ1) is 9.99. The Morgan fingerprint density at radius 3 is 2.71 bits per heavy atom. The molecule has 0 saturated heterocycles. The minimum Gasteiger partial charge on any atom is -0.348 e. The molecule has 0 spiro atoms. The molecule has 0 saturated carbocycles. The Labute approximate surface area is 130 Å². The standard InChI is InChI=1S/C15H13BrN2O3/c1-10-13(6-3-7-14(10)16)15(19)17-9-11-4-2-5-12(8-11)18(20)21/h2-8H,9H2,1H3,(H,17,19). The number of nitrogens with zero attached hydrogens (tertiary/aromatic N) is 1. The van der Waals surface area contributed by atoms with Gasteiger partial charge in [0.05, 0.1) is 4.92 Å². The number of halogens is 1. The molecule has 2 rings (SSSR count). The van der Waals surface area contributed by atoms with Crippen LogP contribution < -0.4 is 5.32 Å². The van der Waals surface area contributed by atoms with Crippen molar-refractivity contribution in [1.82, 2.24) is 5.32 Å². The largest absolute Gasteiger partial charge is 0.348 e. The Balaban J connectivity index is 2.09. The summed E-state index contributed by atoms with van der Waals surface area (Å²) < 4.78 is 0.866. The van der Waals surface area contributed by atoms with Crippen LogP contribution >= 0.6 is 15.9 Å². The van der Waals surface area contributed by atoms with Crippen LogP contribution in [-0.4, -0.2) is 10.8 Å². The summed E-state index contributed by atoms with van der Waals surface area (Å²) in [6, 6.07) is 11.6. The highest BCUT2D eigenvalue weighted by Gasteiger charge is 2.11. The zero-order valence-electron chi connectivity index (χ0n) is 11.3. The number of benzene rings is 2. The molecule has 2 aromatic rings. The van der Waals surface area contributed by atoms with Crippen molar-refractivity contribution in [3.63, 3.8) is 0 Å². The smallest absolute Gasteiger partial charge is 0.269 e. The lowest BCUT2D eigenvalue weighted by Crippen LogP contribution is -2.23. The molecule has 5 nitrogen and oxygen atoms in total. The first-order valence-electron chi connectivity index (χ1n) is 6.25. The van der Waals surface area contributed by atoms with Crippen LogP contribution in [0.4, 0.5) is 5.69 Å². The van der Waals surface area contributed by atoms with Crippen molar-refractivity contribution in [2.24, 2.45) is 0 Å². The molecule has 0 atom stereocenters. The first-order valence-corrected chi connectivity index (χ1v) is 7.05. The van der Waals surface area contributed by atoms with Crippen LogP contribution in [0.5, 0.6) is 0 Å². The summed E-state index contributed by atoms with van der Waals surface area (Å²) in [6.45, 7) is 2.10. The summed E-state index contributed by atoms with van der Waals surface area (Å²) in [6.07, 6.45) is 0. The predicted octanol–water partition coefficient (Wildman–Crippen LogP) is 3.60. The average Bonchev–Trinajstić information content (AvgIpc) is 2.48. The van der Waals surface area contributed by atoms with Gasteiger partial charge in [-0.05, 0) is 30.2 Å². The van der Waals surface area contributed by atoms with Gasteiger partial charge in [-0.1, -0.05) is 34.1 Å². The van der Waals surface area contributed by atoms with Gasteiger partial charge in [-0.15, -0.1) is 0 Å². The van der Waals surface area contributed by atoms with Gasteiger partial charge in [0, 0.05) is 28.7 Å². The van der Waals surface area contributed by atoms with E-state index < -0.39 is 4.92 Å². The van der Waals surface area contributed by atoms with Gasteiger partial charge >= 0.3 is 0 Å². The predicted molar refractivity (Wildman–Crippen MR) is 83.1 cm³/mol. The number of carbonyl (C=O) groups is 1. The summed E-state index contributed by atoms with van der Waals surface area (Å²) >= 11 is 3.38. The van der Waals surface area contributed by atoms with Crippen LogP contribution in [0.1, 0.15) is 21.5 Å². The minimum atomic E-state index is -0.455. The van der Waals surface area contributed by atoms with E-state index in [9.17, 15) is 14.9 Å². The molecule has 1 amide bonds. The molecule has 1 N–H and O–H groups in total. The van der Waals surface area contributed by atoms with Gasteiger partial charge in [0.1, 0.15) is 0 Å². The summed E-state index contributed by atoms with van der Waals surface area (Å²) in [5.74, 6) is -0.208. The van der Waals surface area contributed by atoms with Crippen LogP contribution in [0, 0.1) is 17.0 Å². The van der Waals surface area contributed by atoms with Crippen LogP contribution in [-0.2, 0) is 6.54 Å². The molecule has 21 heavy (non-hydrogen) atoms. The summed E-state index contributed by atoms with van der Waals surface area (Å²) in [4.78, 5) is 22.4. The SMILES string of the molecule is Cc1c(Br)cccc1C(=O)NCc1cccc([N+](=O)[O-])c1. The number of amides is 1. The highest BCUT2D eigenvalue weighted by molar-refractivity contribution is 9.10.